The molecule has 7 heteroatoms. The number of fused-ring (bicyclic) bond motifs is 2. The lowest BCUT2D eigenvalue weighted by Gasteiger charge is -2.36. The fraction of sp³-hybridized carbons (Fsp3) is 0.333. The van der Waals surface area contributed by atoms with Gasteiger partial charge in [0.25, 0.3) is 11.5 Å². The third-order valence-corrected chi connectivity index (χ3v) is 6.67. The van der Waals surface area contributed by atoms with Crippen LogP contribution in [0.15, 0.2) is 65.7 Å². The quantitative estimate of drug-likeness (QED) is 0.495. The van der Waals surface area contributed by atoms with Gasteiger partial charge in [-0.25, -0.2) is 4.98 Å². The van der Waals surface area contributed by atoms with Gasteiger partial charge in [-0.15, -0.1) is 0 Å². The molecule has 1 fully saturated rings. The van der Waals surface area contributed by atoms with Crippen molar-refractivity contribution in [2.75, 3.05) is 13.1 Å². The molecule has 0 spiro atoms. The van der Waals surface area contributed by atoms with Gasteiger partial charge in [-0.05, 0) is 72.8 Å². The van der Waals surface area contributed by atoms with E-state index in [4.69, 9.17) is 0 Å². The monoisotopic (exact) mass is 455 g/mol. The van der Waals surface area contributed by atoms with Crippen LogP contribution in [-0.4, -0.2) is 38.3 Å². The second kappa shape index (κ2) is 8.99. The van der Waals surface area contributed by atoms with Crippen LogP contribution >= 0.6 is 0 Å². The minimum absolute atomic E-state index is 0.116. The summed E-state index contributed by atoms with van der Waals surface area (Å²) >= 11 is 0. The molecule has 7 nitrogen and oxygen atoms in total. The summed E-state index contributed by atoms with van der Waals surface area (Å²) in [7, 11) is 0. The topological polar surface area (TPSA) is 79.6 Å². The Kier molecular flexibility index (Phi) is 5.87. The fourth-order valence-electron chi connectivity index (χ4n) is 4.44. The van der Waals surface area contributed by atoms with Gasteiger partial charge in [0.1, 0.15) is 11.3 Å². The molecule has 4 aromatic rings. The van der Waals surface area contributed by atoms with Crippen LogP contribution in [0.1, 0.15) is 48.3 Å². The smallest absolute Gasteiger partial charge is 0.270 e. The molecular formula is C27H29N5O2. The Morgan fingerprint density at radius 1 is 1.06 bits per heavy atom. The molecule has 0 atom stereocenters. The number of aromatic nitrogens is 3. The number of hydrogen-bond donors (Lipinski definition) is 1. The van der Waals surface area contributed by atoms with Crippen LogP contribution in [0.25, 0.3) is 16.6 Å². The molecule has 5 rings (SSSR count). The number of amides is 1. The van der Waals surface area contributed by atoms with Crippen LogP contribution in [0, 0.1) is 5.41 Å². The summed E-state index contributed by atoms with van der Waals surface area (Å²) in [4.78, 5) is 36.4. The molecular weight excluding hydrogens is 426 g/mol. The molecule has 1 amide bonds. The van der Waals surface area contributed by atoms with Gasteiger partial charge in [0.15, 0.2) is 0 Å². The maximum atomic E-state index is 12.7. The van der Waals surface area contributed by atoms with Gasteiger partial charge in [-0.2, -0.15) is 0 Å². The van der Waals surface area contributed by atoms with E-state index >= 15 is 0 Å². The SMILES string of the molecule is CC1(C)CCN(Cc2cnc3ccc(CNC(=O)c4cc(=O)n5ccccc5n4)cc3c2)CC1. The second-order valence-corrected chi connectivity index (χ2v) is 9.90. The minimum Gasteiger partial charge on any atom is -0.347 e. The summed E-state index contributed by atoms with van der Waals surface area (Å²) < 4.78 is 1.41. The number of piperidine rings is 1. The number of likely N-dealkylation sites (tertiary alicyclic amines) is 1. The third-order valence-electron chi connectivity index (χ3n) is 6.67. The van der Waals surface area contributed by atoms with Crippen LogP contribution in [0.4, 0.5) is 0 Å². The van der Waals surface area contributed by atoms with E-state index in [0.717, 1.165) is 36.1 Å². The van der Waals surface area contributed by atoms with Crippen LogP contribution < -0.4 is 10.9 Å². The Balaban J connectivity index is 1.27. The highest BCUT2D eigenvalue weighted by molar-refractivity contribution is 5.92. The summed E-state index contributed by atoms with van der Waals surface area (Å²) in [6.45, 7) is 8.17. The number of rotatable bonds is 5. The standard InChI is InChI=1S/C27H29N5O2/c1-27(2)8-11-31(12-9-27)18-20-14-21-13-19(6-7-22(21)28-17-20)16-29-26(34)23-15-25(33)32-10-4-3-5-24(32)30-23/h3-7,10,13-15,17H,8-9,11-12,16,18H2,1-2H3,(H,29,34). The molecule has 0 unspecified atom stereocenters. The average molecular weight is 456 g/mol. The summed E-state index contributed by atoms with van der Waals surface area (Å²) in [5.41, 5.74) is 3.83. The first-order chi connectivity index (χ1) is 16.4. The largest absolute Gasteiger partial charge is 0.347 e. The molecule has 0 saturated carbocycles. The molecule has 1 aliphatic rings. The van der Waals surface area contributed by atoms with Crippen molar-refractivity contribution in [3.8, 4) is 0 Å². The lowest BCUT2D eigenvalue weighted by Crippen LogP contribution is -2.36. The molecule has 0 aliphatic carbocycles. The van der Waals surface area contributed by atoms with E-state index in [-0.39, 0.29) is 17.2 Å². The molecule has 0 bridgehead atoms. The normalized spacial score (nSPS) is 16.1. The lowest BCUT2D eigenvalue weighted by atomic mass is 9.82. The lowest BCUT2D eigenvalue weighted by molar-refractivity contribution is 0.0946. The van der Waals surface area contributed by atoms with E-state index in [1.165, 1.54) is 28.9 Å². The maximum absolute atomic E-state index is 12.7. The Hall–Kier alpha value is -3.58. The van der Waals surface area contributed by atoms with Gasteiger partial charge in [0.05, 0.1) is 5.52 Å². The molecule has 0 radical (unpaired) electrons. The molecule has 174 valence electrons. The molecule has 1 saturated heterocycles. The first-order valence-corrected chi connectivity index (χ1v) is 11.7. The number of hydrogen-bond acceptors (Lipinski definition) is 5. The molecule has 3 aromatic heterocycles. The van der Waals surface area contributed by atoms with Gasteiger partial charge in [0, 0.05) is 36.9 Å². The van der Waals surface area contributed by atoms with Gasteiger partial charge < -0.3 is 5.32 Å². The Labute approximate surface area is 198 Å². The van der Waals surface area contributed by atoms with Crippen molar-refractivity contribution in [3.63, 3.8) is 0 Å². The summed E-state index contributed by atoms with van der Waals surface area (Å²) in [6.07, 6.45) is 6.04. The highest BCUT2D eigenvalue weighted by Crippen LogP contribution is 2.30. The number of carbonyl (C=O) groups excluding carboxylic acids is 1. The van der Waals surface area contributed by atoms with E-state index in [1.54, 1.807) is 24.4 Å². The van der Waals surface area contributed by atoms with E-state index in [2.05, 4.69) is 46.2 Å². The van der Waals surface area contributed by atoms with Crippen molar-refractivity contribution in [1.29, 1.82) is 0 Å². The number of nitrogens with zero attached hydrogens (tertiary/aromatic N) is 4. The maximum Gasteiger partial charge on any atom is 0.270 e. The highest BCUT2D eigenvalue weighted by Gasteiger charge is 2.25. The number of carbonyl (C=O) groups is 1. The molecule has 1 aliphatic heterocycles. The first kappa shape index (κ1) is 22.2. The zero-order valence-corrected chi connectivity index (χ0v) is 19.6. The van der Waals surface area contributed by atoms with Crippen LogP contribution in [0.2, 0.25) is 0 Å². The zero-order valence-electron chi connectivity index (χ0n) is 19.6. The van der Waals surface area contributed by atoms with Crippen LogP contribution in [-0.2, 0) is 13.1 Å². The fourth-order valence-corrected chi connectivity index (χ4v) is 4.44. The Bertz CT molecular complexity index is 1420. The van der Waals surface area contributed by atoms with Crippen molar-refractivity contribution in [2.45, 2.75) is 39.8 Å². The van der Waals surface area contributed by atoms with Crippen LogP contribution in [0.5, 0.6) is 0 Å². The summed E-state index contributed by atoms with van der Waals surface area (Å²) in [5.74, 6) is -0.372. The Morgan fingerprint density at radius 3 is 2.68 bits per heavy atom. The highest BCUT2D eigenvalue weighted by atomic mass is 16.2. The second-order valence-electron chi connectivity index (χ2n) is 9.90. The third kappa shape index (κ3) is 4.84. The zero-order chi connectivity index (χ0) is 23.7. The van der Waals surface area contributed by atoms with Crippen molar-refractivity contribution < 1.29 is 4.79 Å². The van der Waals surface area contributed by atoms with E-state index in [1.807, 2.05) is 18.3 Å². The van der Waals surface area contributed by atoms with Gasteiger partial charge in [-0.3, -0.25) is 23.9 Å². The van der Waals surface area contributed by atoms with Crippen LogP contribution in [0.3, 0.4) is 0 Å². The minimum atomic E-state index is -0.372. The first-order valence-electron chi connectivity index (χ1n) is 11.7. The van der Waals surface area contributed by atoms with Crippen molar-refractivity contribution in [2.24, 2.45) is 5.41 Å². The summed E-state index contributed by atoms with van der Waals surface area (Å²) in [6, 6.07) is 14.7. The summed E-state index contributed by atoms with van der Waals surface area (Å²) in [5, 5.41) is 3.94. The number of benzene rings is 1. The Morgan fingerprint density at radius 2 is 1.85 bits per heavy atom. The molecule has 1 N–H and O–H groups in total. The van der Waals surface area contributed by atoms with Gasteiger partial charge in [0.2, 0.25) is 0 Å². The predicted octanol–water partition coefficient (Wildman–Crippen LogP) is 3.79. The van der Waals surface area contributed by atoms with Crippen molar-refractivity contribution >= 4 is 22.5 Å². The molecule has 34 heavy (non-hydrogen) atoms. The average Bonchev–Trinajstić information content (AvgIpc) is 2.83. The van der Waals surface area contributed by atoms with E-state index in [0.29, 0.717) is 17.6 Å². The number of nitrogens with one attached hydrogen (secondary N) is 1. The van der Waals surface area contributed by atoms with Crippen molar-refractivity contribution in [1.82, 2.24) is 24.6 Å². The molecule has 1 aromatic carbocycles. The van der Waals surface area contributed by atoms with Gasteiger partial charge in [-0.1, -0.05) is 26.0 Å². The van der Waals surface area contributed by atoms with E-state index in [9.17, 15) is 9.59 Å². The van der Waals surface area contributed by atoms with Crippen molar-refractivity contribution in [3.05, 3.63) is 88.1 Å². The van der Waals surface area contributed by atoms with Gasteiger partial charge >= 0.3 is 0 Å². The number of pyridine rings is 2. The van der Waals surface area contributed by atoms with E-state index < -0.39 is 0 Å². The predicted molar refractivity (Wildman–Crippen MR) is 133 cm³/mol. The molecule has 4 heterocycles.